The molecule has 2 saturated heterocycles. The minimum atomic E-state index is 0.189. The number of carbonyl (C=O) groups excluding carboxylic acids is 1. The van der Waals surface area contributed by atoms with Crippen molar-refractivity contribution in [2.45, 2.75) is 26.1 Å². The predicted octanol–water partition coefficient (Wildman–Crippen LogP) is 2.51. The van der Waals surface area contributed by atoms with E-state index in [0.717, 1.165) is 32.7 Å². The molecule has 5 nitrogen and oxygen atoms in total. The number of fused-ring (bicyclic) bond motifs is 1. The number of hydrogen-bond acceptors (Lipinski definition) is 3. The second kappa shape index (κ2) is 6.84. The Morgan fingerprint density at radius 2 is 1.68 bits per heavy atom. The first-order valence-electron chi connectivity index (χ1n) is 8.91. The molecule has 3 heterocycles. The van der Waals surface area contributed by atoms with Crippen molar-refractivity contribution in [3.8, 4) is 0 Å². The SMILES string of the molecule is Cc1ccc(CN2C[C@H]3CN(Cc4ccncc4)CCN3C2=O)cc1. The summed E-state index contributed by atoms with van der Waals surface area (Å²) >= 11 is 0. The van der Waals surface area contributed by atoms with Crippen LogP contribution in [0.25, 0.3) is 0 Å². The third kappa shape index (κ3) is 3.51. The summed E-state index contributed by atoms with van der Waals surface area (Å²) in [7, 11) is 0. The quantitative estimate of drug-likeness (QED) is 0.861. The fraction of sp³-hybridized carbons (Fsp3) is 0.400. The lowest BCUT2D eigenvalue weighted by molar-refractivity contribution is 0.116. The van der Waals surface area contributed by atoms with Gasteiger partial charge in [-0.2, -0.15) is 0 Å². The van der Waals surface area contributed by atoms with Crippen molar-refractivity contribution in [3.05, 3.63) is 65.5 Å². The Bertz CT molecular complexity index is 731. The van der Waals surface area contributed by atoms with Gasteiger partial charge in [-0.05, 0) is 30.2 Å². The van der Waals surface area contributed by atoms with Crippen LogP contribution in [-0.4, -0.2) is 57.9 Å². The highest BCUT2D eigenvalue weighted by Crippen LogP contribution is 2.23. The zero-order valence-electron chi connectivity index (χ0n) is 14.6. The average Bonchev–Trinajstić information content (AvgIpc) is 2.93. The zero-order chi connectivity index (χ0) is 17.2. The van der Waals surface area contributed by atoms with Crippen LogP contribution in [0.3, 0.4) is 0 Å². The van der Waals surface area contributed by atoms with Crippen LogP contribution in [0.1, 0.15) is 16.7 Å². The molecule has 1 aromatic carbocycles. The molecule has 2 aliphatic rings. The van der Waals surface area contributed by atoms with E-state index in [1.54, 1.807) is 0 Å². The van der Waals surface area contributed by atoms with Crippen LogP contribution in [0.5, 0.6) is 0 Å². The molecule has 2 aromatic rings. The smallest absolute Gasteiger partial charge is 0.318 e. The number of aromatic nitrogens is 1. The van der Waals surface area contributed by atoms with E-state index in [4.69, 9.17) is 0 Å². The van der Waals surface area contributed by atoms with Gasteiger partial charge in [0.1, 0.15) is 0 Å². The van der Waals surface area contributed by atoms with Gasteiger partial charge in [-0.15, -0.1) is 0 Å². The monoisotopic (exact) mass is 336 g/mol. The molecular weight excluding hydrogens is 312 g/mol. The van der Waals surface area contributed by atoms with Crippen molar-refractivity contribution in [3.63, 3.8) is 0 Å². The average molecular weight is 336 g/mol. The Kier molecular flexibility index (Phi) is 4.40. The fourth-order valence-electron chi connectivity index (χ4n) is 3.78. The molecule has 130 valence electrons. The molecule has 1 aromatic heterocycles. The van der Waals surface area contributed by atoms with E-state index < -0.39 is 0 Å². The Hall–Kier alpha value is -2.40. The molecule has 0 radical (unpaired) electrons. The topological polar surface area (TPSA) is 39.7 Å². The van der Waals surface area contributed by atoms with E-state index in [9.17, 15) is 4.79 Å². The number of hydrogen-bond donors (Lipinski definition) is 0. The third-order valence-electron chi connectivity index (χ3n) is 5.16. The number of piperazine rings is 1. The number of carbonyl (C=O) groups is 1. The minimum Gasteiger partial charge on any atom is -0.318 e. The second-order valence-electron chi connectivity index (χ2n) is 7.09. The van der Waals surface area contributed by atoms with E-state index in [1.807, 2.05) is 17.3 Å². The summed E-state index contributed by atoms with van der Waals surface area (Å²) in [4.78, 5) is 23.3. The third-order valence-corrected chi connectivity index (χ3v) is 5.16. The molecule has 2 fully saturated rings. The Morgan fingerprint density at radius 1 is 0.960 bits per heavy atom. The summed E-state index contributed by atoms with van der Waals surface area (Å²) in [5.74, 6) is 0. The normalized spacial score (nSPS) is 20.8. The van der Waals surface area contributed by atoms with Crippen molar-refractivity contribution in [1.29, 1.82) is 0 Å². The van der Waals surface area contributed by atoms with Gasteiger partial charge < -0.3 is 9.80 Å². The van der Waals surface area contributed by atoms with Crippen LogP contribution in [0.4, 0.5) is 4.79 Å². The first-order valence-corrected chi connectivity index (χ1v) is 8.91. The maximum absolute atomic E-state index is 12.7. The molecule has 4 rings (SSSR count). The first kappa shape index (κ1) is 16.1. The molecule has 1 atom stereocenters. The molecule has 0 bridgehead atoms. The largest absolute Gasteiger partial charge is 0.320 e. The van der Waals surface area contributed by atoms with Gasteiger partial charge in [0.2, 0.25) is 0 Å². The van der Waals surface area contributed by atoms with Crippen molar-refractivity contribution in [2.24, 2.45) is 0 Å². The Labute approximate surface area is 148 Å². The lowest BCUT2D eigenvalue weighted by Gasteiger charge is -2.36. The van der Waals surface area contributed by atoms with Crippen molar-refractivity contribution >= 4 is 6.03 Å². The van der Waals surface area contributed by atoms with Crippen LogP contribution in [-0.2, 0) is 13.1 Å². The molecule has 0 aliphatic carbocycles. The lowest BCUT2D eigenvalue weighted by Crippen LogP contribution is -2.51. The van der Waals surface area contributed by atoms with Crippen LogP contribution in [0.2, 0.25) is 0 Å². The summed E-state index contributed by atoms with van der Waals surface area (Å²) in [6, 6.07) is 13.1. The van der Waals surface area contributed by atoms with E-state index in [-0.39, 0.29) is 6.03 Å². The van der Waals surface area contributed by atoms with Crippen LogP contribution in [0.15, 0.2) is 48.8 Å². The van der Waals surface area contributed by atoms with Crippen LogP contribution in [0, 0.1) is 6.92 Å². The number of amides is 2. The molecule has 0 spiro atoms. The Balaban J connectivity index is 1.38. The summed E-state index contributed by atoms with van der Waals surface area (Å²) in [5, 5.41) is 0. The number of rotatable bonds is 4. The van der Waals surface area contributed by atoms with Gasteiger partial charge in [0.05, 0.1) is 6.04 Å². The van der Waals surface area contributed by atoms with Crippen LogP contribution >= 0.6 is 0 Å². The molecule has 5 heteroatoms. The van der Waals surface area contributed by atoms with Gasteiger partial charge in [0.25, 0.3) is 0 Å². The van der Waals surface area contributed by atoms with E-state index >= 15 is 0 Å². The highest BCUT2D eigenvalue weighted by Gasteiger charge is 2.40. The standard InChI is InChI=1S/C20H24N4O/c1-16-2-4-17(5-3-16)13-23-15-19-14-22(10-11-24(19)20(23)25)12-18-6-8-21-9-7-18/h2-9,19H,10-15H2,1H3/t19-/m1/s1. The summed E-state index contributed by atoms with van der Waals surface area (Å²) in [6.07, 6.45) is 3.68. The number of nitrogens with zero attached hydrogens (tertiary/aromatic N) is 4. The highest BCUT2D eigenvalue weighted by atomic mass is 16.2. The lowest BCUT2D eigenvalue weighted by atomic mass is 10.1. The highest BCUT2D eigenvalue weighted by molar-refractivity contribution is 5.77. The molecular formula is C20H24N4O. The van der Waals surface area contributed by atoms with Gasteiger partial charge in [-0.3, -0.25) is 9.88 Å². The van der Waals surface area contributed by atoms with Gasteiger partial charge >= 0.3 is 6.03 Å². The maximum atomic E-state index is 12.7. The summed E-state index contributed by atoms with van der Waals surface area (Å²) in [5.41, 5.74) is 3.73. The first-order chi connectivity index (χ1) is 12.2. The number of benzene rings is 1. The van der Waals surface area contributed by atoms with Crippen LogP contribution < -0.4 is 0 Å². The summed E-state index contributed by atoms with van der Waals surface area (Å²) < 4.78 is 0. The second-order valence-corrected chi connectivity index (χ2v) is 7.09. The van der Waals surface area contributed by atoms with Gasteiger partial charge in [-0.25, -0.2) is 4.79 Å². The van der Waals surface area contributed by atoms with Gasteiger partial charge in [0, 0.05) is 51.7 Å². The molecule has 2 amide bonds. The molecule has 0 unspecified atom stereocenters. The number of urea groups is 1. The fourth-order valence-corrected chi connectivity index (χ4v) is 3.78. The maximum Gasteiger partial charge on any atom is 0.320 e. The molecule has 2 aliphatic heterocycles. The minimum absolute atomic E-state index is 0.189. The van der Waals surface area contributed by atoms with E-state index in [0.29, 0.717) is 12.6 Å². The molecule has 0 saturated carbocycles. The molecule has 0 N–H and O–H groups in total. The molecule has 25 heavy (non-hydrogen) atoms. The van der Waals surface area contributed by atoms with Gasteiger partial charge in [-0.1, -0.05) is 29.8 Å². The van der Waals surface area contributed by atoms with Crippen molar-refractivity contribution in [2.75, 3.05) is 26.2 Å². The van der Waals surface area contributed by atoms with E-state index in [2.05, 4.69) is 58.1 Å². The summed E-state index contributed by atoms with van der Waals surface area (Å²) in [6.45, 7) is 7.23. The Morgan fingerprint density at radius 3 is 2.44 bits per heavy atom. The predicted molar refractivity (Wildman–Crippen MR) is 97.0 cm³/mol. The van der Waals surface area contributed by atoms with Crippen molar-refractivity contribution in [1.82, 2.24) is 19.7 Å². The number of aryl methyl sites for hydroxylation is 1. The van der Waals surface area contributed by atoms with E-state index in [1.165, 1.54) is 16.7 Å². The van der Waals surface area contributed by atoms with Gasteiger partial charge in [0.15, 0.2) is 0 Å². The number of pyridine rings is 1. The van der Waals surface area contributed by atoms with Crippen molar-refractivity contribution < 1.29 is 4.79 Å². The zero-order valence-corrected chi connectivity index (χ0v) is 14.6.